The van der Waals surface area contributed by atoms with Gasteiger partial charge in [0.2, 0.25) is 11.8 Å². The molecule has 14 heavy (non-hydrogen) atoms. The van der Waals surface area contributed by atoms with Crippen molar-refractivity contribution in [2.24, 2.45) is 0 Å². The van der Waals surface area contributed by atoms with Crippen LogP contribution in [0, 0.1) is 0 Å². The normalized spacial score (nSPS) is 28.7. The fourth-order valence-corrected chi connectivity index (χ4v) is 3.41. The average Bonchev–Trinajstić information content (AvgIpc) is 2.52. The van der Waals surface area contributed by atoms with Gasteiger partial charge in [0.15, 0.2) is 5.11 Å². The smallest absolute Gasteiger partial charge is 0.240 e. The molecule has 0 aromatic rings. The lowest BCUT2D eigenvalue weighted by Crippen LogP contribution is -2.82. The molecule has 0 N–H and O–H groups in total. The molecule has 4 rings (SSSR count). The summed E-state index contributed by atoms with van der Waals surface area (Å²) in [4.78, 5) is 26.5. The minimum atomic E-state index is -0.330. The first-order valence-corrected chi connectivity index (χ1v) is 5.28. The Morgan fingerprint density at radius 3 is 2.00 bits per heavy atom. The van der Waals surface area contributed by atoms with Gasteiger partial charge in [-0.05, 0) is 37.9 Å². The van der Waals surface area contributed by atoms with Crippen LogP contribution in [0.3, 0.4) is 0 Å². The summed E-state index contributed by atoms with van der Waals surface area (Å²) in [6.07, 6.45) is 3.95. The van der Waals surface area contributed by atoms with E-state index in [9.17, 15) is 9.59 Å². The van der Waals surface area contributed by atoms with E-state index >= 15 is 0 Å². The molecule has 4 fully saturated rings. The molecule has 2 amide bonds. The molecule has 4 nitrogen and oxygen atoms in total. The number of amides is 2. The predicted octanol–water partition coefficient (Wildman–Crippen LogP) is 0.616. The number of rotatable bonds is 0. The Labute approximate surface area is 86.8 Å². The molecule has 0 aromatic heterocycles. The zero-order valence-electron chi connectivity index (χ0n) is 7.65. The zero-order valence-corrected chi connectivity index (χ0v) is 8.47. The maximum Gasteiger partial charge on any atom is 0.240 e. The summed E-state index contributed by atoms with van der Waals surface area (Å²) in [6, 6.07) is 0. The van der Waals surface area contributed by atoms with E-state index in [4.69, 9.17) is 12.2 Å². The van der Waals surface area contributed by atoms with Crippen LogP contribution in [0.15, 0.2) is 0 Å². The van der Waals surface area contributed by atoms with Gasteiger partial charge in [0, 0.05) is 0 Å². The fourth-order valence-electron chi connectivity index (χ4n) is 2.86. The molecule has 0 radical (unpaired) electrons. The van der Waals surface area contributed by atoms with Gasteiger partial charge in [0.25, 0.3) is 0 Å². The van der Waals surface area contributed by atoms with Crippen LogP contribution in [0.2, 0.25) is 0 Å². The second kappa shape index (κ2) is 2.34. The lowest BCUT2D eigenvalue weighted by Gasteiger charge is -2.61. The highest BCUT2D eigenvalue weighted by Crippen LogP contribution is 2.49. The molecular formula is C9H10N2O2S. The number of nitrogens with zero attached hydrogens (tertiary/aromatic N) is 2. The summed E-state index contributed by atoms with van der Waals surface area (Å²) in [5.41, 5.74) is -0.330. The number of hydrogen-bond acceptors (Lipinski definition) is 3. The molecule has 1 spiro atoms. The summed E-state index contributed by atoms with van der Waals surface area (Å²) in [7, 11) is 0. The highest BCUT2D eigenvalue weighted by Gasteiger charge is 2.64. The zero-order chi connectivity index (χ0) is 9.92. The standard InChI is InChI=1S/C9H10N2O2S/c12-6-5-7(13)11-8(14)10(6)9(11)3-1-2-4-9/h1-5H2. The Morgan fingerprint density at radius 1 is 1.07 bits per heavy atom. The van der Waals surface area contributed by atoms with E-state index < -0.39 is 0 Å². The van der Waals surface area contributed by atoms with Crippen LogP contribution in [-0.4, -0.2) is 32.4 Å². The first-order chi connectivity index (χ1) is 6.67. The van der Waals surface area contributed by atoms with E-state index in [1.165, 1.54) is 0 Å². The van der Waals surface area contributed by atoms with Crippen molar-refractivity contribution in [2.45, 2.75) is 37.8 Å². The molecule has 3 heterocycles. The van der Waals surface area contributed by atoms with Crippen LogP contribution in [0.5, 0.6) is 0 Å². The number of fused-ring (bicyclic) bond motifs is 2. The van der Waals surface area contributed by atoms with Crippen LogP contribution in [0.4, 0.5) is 0 Å². The summed E-state index contributed by atoms with van der Waals surface area (Å²) < 4.78 is 0. The average molecular weight is 210 g/mol. The van der Waals surface area contributed by atoms with Crippen LogP contribution < -0.4 is 0 Å². The molecule has 0 atom stereocenters. The minimum absolute atomic E-state index is 0.00187. The molecule has 74 valence electrons. The molecular weight excluding hydrogens is 200 g/mol. The number of thiocarbonyl (C=S) groups is 1. The van der Waals surface area contributed by atoms with Crippen molar-refractivity contribution in [3.05, 3.63) is 0 Å². The van der Waals surface area contributed by atoms with E-state index in [0.29, 0.717) is 5.11 Å². The third-order valence-electron chi connectivity index (χ3n) is 3.42. The summed E-state index contributed by atoms with van der Waals surface area (Å²) in [5.74, 6) is -0.214. The van der Waals surface area contributed by atoms with E-state index in [1.54, 1.807) is 9.80 Å². The van der Waals surface area contributed by atoms with Crippen LogP contribution in [-0.2, 0) is 9.59 Å². The topological polar surface area (TPSA) is 40.6 Å². The van der Waals surface area contributed by atoms with Crippen LogP contribution in [0.1, 0.15) is 32.1 Å². The van der Waals surface area contributed by atoms with Crippen LogP contribution >= 0.6 is 12.2 Å². The van der Waals surface area contributed by atoms with Crippen molar-refractivity contribution >= 4 is 29.1 Å². The Kier molecular flexibility index (Phi) is 1.39. The Hall–Kier alpha value is -0.970. The van der Waals surface area contributed by atoms with Gasteiger partial charge in [0.1, 0.15) is 12.1 Å². The first-order valence-electron chi connectivity index (χ1n) is 4.87. The van der Waals surface area contributed by atoms with Gasteiger partial charge in [-0.2, -0.15) is 0 Å². The maximum absolute atomic E-state index is 11.6. The monoisotopic (exact) mass is 210 g/mol. The summed E-state index contributed by atoms with van der Waals surface area (Å²) >= 11 is 5.05. The molecule has 3 saturated heterocycles. The predicted molar refractivity (Wildman–Crippen MR) is 52.1 cm³/mol. The van der Waals surface area contributed by atoms with Crippen LogP contribution in [0.25, 0.3) is 0 Å². The maximum atomic E-state index is 11.6. The van der Waals surface area contributed by atoms with E-state index in [0.717, 1.165) is 25.7 Å². The van der Waals surface area contributed by atoms with Crippen molar-refractivity contribution in [1.29, 1.82) is 0 Å². The third-order valence-corrected chi connectivity index (χ3v) is 3.79. The Morgan fingerprint density at radius 2 is 1.57 bits per heavy atom. The molecule has 1 saturated carbocycles. The van der Waals surface area contributed by atoms with E-state index in [1.807, 2.05) is 0 Å². The highest BCUT2D eigenvalue weighted by molar-refractivity contribution is 7.80. The second-order valence-corrected chi connectivity index (χ2v) is 4.47. The second-order valence-electron chi connectivity index (χ2n) is 4.11. The van der Waals surface area contributed by atoms with Crippen molar-refractivity contribution in [1.82, 2.24) is 9.80 Å². The minimum Gasteiger partial charge on any atom is -0.274 e. The number of carbonyl (C=O) groups is 2. The SMILES string of the molecule is O=C1CC(=O)N2C(=S)N1C21CCCC1. The van der Waals surface area contributed by atoms with Gasteiger partial charge in [-0.3, -0.25) is 19.4 Å². The molecule has 4 aliphatic rings. The summed E-state index contributed by atoms with van der Waals surface area (Å²) in [5, 5.41) is 0.424. The number of hydrogen-bond donors (Lipinski definition) is 0. The molecule has 5 heteroatoms. The summed E-state index contributed by atoms with van der Waals surface area (Å²) in [6.45, 7) is 0. The van der Waals surface area contributed by atoms with Gasteiger partial charge in [-0.25, -0.2) is 0 Å². The molecule has 1 aliphatic carbocycles. The van der Waals surface area contributed by atoms with E-state index in [2.05, 4.69) is 0 Å². The van der Waals surface area contributed by atoms with Gasteiger partial charge in [-0.15, -0.1) is 0 Å². The van der Waals surface area contributed by atoms with Gasteiger partial charge in [0.05, 0.1) is 0 Å². The Bertz CT molecular complexity index is 319. The fraction of sp³-hybridized carbons (Fsp3) is 0.667. The molecule has 2 bridgehead atoms. The third kappa shape index (κ3) is 0.692. The lowest BCUT2D eigenvalue weighted by atomic mass is 9.93. The molecule has 0 unspecified atom stereocenters. The van der Waals surface area contributed by atoms with Gasteiger partial charge in [-0.1, -0.05) is 0 Å². The molecule has 3 aliphatic heterocycles. The lowest BCUT2D eigenvalue weighted by molar-refractivity contribution is -0.170. The molecule has 0 aromatic carbocycles. The van der Waals surface area contributed by atoms with Gasteiger partial charge >= 0.3 is 0 Å². The Balaban J connectivity index is 2.06. The van der Waals surface area contributed by atoms with Crippen molar-refractivity contribution in [3.63, 3.8) is 0 Å². The van der Waals surface area contributed by atoms with Gasteiger partial charge < -0.3 is 0 Å². The van der Waals surface area contributed by atoms with E-state index in [-0.39, 0.29) is 23.9 Å². The van der Waals surface area contributed by atoms with Crippen molar-refractivity contribution in [2.75, 3.05) is 0 Å². The largest absolute Gasteiger partial charge is 0.274 e. The quantitative estimate of drug-likeness (QED) is 0.434. The first kappa shape index (κ1) is 8.35. The van der Waals surface area contributed by atoms with Crippen molar-refractivity contribution in [3.8, 4) is 0 Å². The van der Waals surface area contributed by atoms with Crippen molar-refractivity contribution < 1.29 is 9.59 Å². The number of carbonyl (C=O) groups excluding carboxylic acids is 2. The highest BCUT2D eigenvalue weighted by atomic mass is 32.1.